The normalized spacial score (nSPS) is 18.1. The van der Waals surface area contributed by atoms with E-state index in [2.05, 4.69) is 32.3 Å². The van der Waals surface area contributed by atoms with Gasteiger partial charge in [-0.3, -0.25) is 0 Å². The van der Waals surface area contributed by atoms with Crippen LogP contribution in [-0.2, 0) is 6.42 Å². The second kappa shape index (κ2) is 11.8. The molecule has 1 fully saturated rings. The Labute approximate surface area is 196 Å². The SMILES string of the molecule is CCCCc1nccc(OC2CCC(NC(=O)Nc3cc(OC(F)(F)F)ccc3OC)CC2)n1. The largest absolute Gasteiger partial charge is 0.573 e. The van der Waals surface area contributed by atoms with E-state index >= 15 is 0 Å². The van der Waals surface area contributed by atoms with E-state index < -0.39 is 18.1 Å². The van der Waals surface area contributed by atoms with Crippen LogP contribution in [0.3, 0.4) is 0 Å². The van der Waals surface area contributed by atoms with Crippen molar-refractivity contribution < 1.29 is 32.2 Å². The first-order chi connectivity index (χ1) is 16.3. The minimum atomic E-state index is -4.84. The van der Waals surface area contributed by atoms with Crippen LogP contribution in [-0.4, -0.2) is 41.6 Å². The van der Waals surface area contributed by atoms with Gasteiger partial charge in [0, 0.05) is 30.8 Å². The van der Waals surface area contributed by atoms with Crippen LogP contribution in [0, 0.1) is 0 Å². The van der Waals surface area contributed by atoms with Crippen LogP contribution in [0.25, 0.3) is 0 Å². The summed E-state index contributed by atoms with van der Waals surface area (Å²) in [6.45, 7) is 2.11. The second-order valence-electron chi connectivity index (χ2n) is 8.01. The number of ether oxygens (including phenoxy) is 3. The Bertz CT molecular complexity index is 950. The maximum Gasteiger partial charge on any atom is 0.573 e. The van der Waals surface area contributed by atoms with Gasteiger partial charge >= 0.3 is 12.4 Å². The number of carbonyl (C=O) groups is 1. The van der Waals surface area contributed by atoms with E-state index in [0.717, 1.165) is 50.1 Å². The molecule has 0 aliphatic heterocycles. The van der Waals surface area contributed by atoms with Crippen molar-refractivity contribution in [3.05, 3.63) is 36.3 Å². The van der Waals surface area contributed by atoms with E-state index in [9.17, 15) is 18.0 Å². The highest BCUT2D eigenvalue weighted by Gasteiger charge is 2.31. The monoisotopic (exact) mass is 482 g/mol. The topological polar surface area (TPSA) is 94.6 Å². The molecule has 2 aromatic rings. The van der Waals surface area contributed by atoms with Gasteiger partial charge in [-0.25, -0.2) is 9.78 Å². The minimum Gasteiger partial charge on any atom is -0.495 e. The number of carbonyl (C=O) groups excluding carboxylic acids is 1. The highest BCUT2D eigenvalue weighted by Crippen LogP contribution is 2.32. The summed E-state index contributed by atoms with van der Waals surface area (Å²) in [7, 11) is 1.36. The number of rotatable bonds is 9. The summed E-state index contributed by atoms with van der Waals surface area (Å²) in [5, 5.41) is 5.39. The van der Waals surface area contributed by atoms with E-state index in [0.29, 0.717) is 18.7 Å². The number of anilines is 1. The molecule has 8 nitrogen and oxygen atoms in total. The minimum absolute atomic E-state index is 0.00803. The Hall–Kier alpha value is -3.24. The predicted molar refractivity (Wildman–Crippen MR) is 119 cm³/mol. The molecule has 34 heavy (non-hydrogen) atoms. The molecule has 2 N–H and O–H groups in total. The molecule has 1 heterocycles. The molecule has 0 saturated heterocycles. The van der Waals surface area contributed by atoms with Crippen molar-refractivity contribution in [2.24, 2.45) is 0 Å². The van der Waals surface area contributed by atoms with Gasteiger partial charge in [0.25, 0.3) is 0 Å². The van der Waals surface area contributed by atoms with Crippen molar-refractivity contribution >= 4 is 11.7 Å². The summed E-state index contributed by atoms with van der Waals surface area (Å²) in [5.41, 5.74) is 0.0707. The molecule has 2 amide bonds. The van der Waals surface area contributed by atoms with Crippen LogP contribution in [0.1, 0.15) is 51.3 Å². The number of nitrogens with one attached hydrogen (secondary N) is 2. The fraction of sp³-hybridized carbons (Fsp3) is 0.522. The molecule has 0 spiro atoms. The molecule has 0 bridgehead atoms. The molecule has 1 aliphatic rings. The van der Waals surface area contributed by atoms with Gasteiger partial charge in [-0.15, -0.1) is 13.2 Å². The summed E-state index contributed by atoms with van der Waals surface area (Å²) in [5.74, 6) is 1.09. The zero-order valence-corrected chi connectivity index (χ0v) is 19.2. The number of amides is 2. The van der Waals surface area contributed by atoms with E-state index in [1.165, 1.54) is 13.2 Å². The predicted octanol–water partition coefficient (Wildman–Crippen LogP) is 5.24. The summed E-state index contributed by atoms with van der Waals surface area (Å²) < 4.78 is 52.5. The Morgan fingerprint density at radius 1 is 1.18 bits per heavy atom. The average molecular weight is 483 g/mol. The lowest BCUT2D eigenvalue weighted by molar-refractivity contribution is -0.274. The van der Waals surface area contributed by atoms with Crippen LogP contribution in [0.15, 0.2) is 30.5 Å². The summed E-state index contributed by atoms with van der Waals surface area (Å²) in [4.78, 5) is 21.2. The number of unbranched alkanes of at least 4 members (excludes halogenated alkanes) is 1. The lowest BCUT2D eigenvalue weighted by Crippen LogP contribution is -2.41. The Morgan fingerprint density at radius 2 is 1.94 bits per heavy atom. The molecule has 0 unspecified atom stereocenters. The lowest BCUT2D eigenvalue weighted by Gasteiger charge is -2.29. The van der Waals surface area contributed by atoms with E-state index in [4.69, 9.17) is 9.47 Å². The van der Waals surface area contributed by atoms with Crippen molar-refractivity contribution in [3.63, 3.8) is 0 Å². The first kappa shape index (κ1) is 25.4. The Kier molecular flexibility index (Phi) is 8.78. The highest BCUT2D eigenvalue weighted by atomic mass is 19.4. The first-order valence-electron chi connectivity index (χ1n) is 11.3. The van der Waals surface area contributed by atoms with Gasteiger partial charge in [0.05, 0.1) is 12.8 Å². The van der Waals surface area contributed by atoms with Crippen molar-refractivity contribution in [3.8, 4) is 17.4 Å². The number of urea groups is 1. The fourth-order valence-corrected chi connectivity index (χ4v) is 3.72. The summed E-state index contributed by atoms with van der Waals surface area (Å²) in [6, 6.07) is 4.58. The number of hydrogen-bond acceptors (Lipinski definition) is 6. The van der Waals surface area contributed by atoms with Gasteiger partial charge in [-0.1, -0.05) is 13.3 Å². The maximum atomic E-state index is 12.5. The number of aromatic nitrogens is 2. The van der Waals surface area contributed by atoms with Crippen LogP contribution in [0.4, 0.5) is 23.7 Å². The number of nitrogens with zero attached hydrogens (tertiary/aromatic N) is 2. The molecule has 1 saturated carbocycles. The van der Waals surface area contributed by atoms with Gasteiger partial charge < -0.3 is 24.8 Å². The lowest BCUT2D eigenvalue weighted by atomic mass is 9.93. The third-order valence-electron chi connectivity index (χ3n) is 5.38. The smallest absolute Gasteiger partial charge is 0.495 e. The van der Waals surface area contributed by atoms with Crippen LogP contribution >= 0.6 is 0 Å². The Morgan fingerprint density at radius 3 is 2.62 bits per heavy atom. The van der Waals surface area contributed by atoms with Gasteiger partial charge in [0.15, 0.2) is 0 Å². The van der Waals surface area contributed by atoms with Crippen molar-refractivity contribution in [1.29, 1.82) is 0 Å². The van der Waals surface area contributed by atoms with Crippen molar-refractivity contribution in [1.82, 2.24) is 15.3 Å². The molecule has 1 aromatic heterocycles. The fourth-order valence-electron chi connectivity index (χ4n) is 3.72. The molecular formula is C23H29F3N4O4. The molecule has 1 aromatic carbocycles. The highest BCUT2D eigenvalue weighted by molar-refractivity contribution is 5.91. The van der Waals surface area contributed by atoms with Gasteiger partial charge in [0.2, 0.25) is 5.88 Å². The van der Waals surface area contributed by atoms with Crippen LogP contribution in [0.2, 0.25) is 0 Å². The maximum absolute atomic E-state index is 12.5. The van der Waals surface area contributed by atoms with Crippen molar-refractivity contribution in [2.75, 3.05) is 12.4 Å². The first-order valence-corrected chi connectivity index (χ1v) is 11.3. The Balaban J connectivity index is 1.49. The quantitative estimate of drug-likeness (QED) is 0.508. The second-order valence-corrected chi connectivity index (χ2v) is 8.01. The van der Waals surface area contributed by atoms with Crippen LogP contribution < -0.4 is 24.8 Å². The van der Waals surface area contributed by atoms with Crippen LogP contribution in [0.5, 0.6) is 17.4 Å². The van der Waals surface area contributed by atoms with Gasteiger partial charge in [-0.2, -0.15) is 4.98 Å². The van der Waals surface area contributed by atoms with Gasteiger partial charge in [-0.05, 0) is 44.2 Å². The molecule has 11 heteroatoms. The number of alkyl halides is 3. The number of benzene rings is 1. The molecule has 3 rings (SSSR count). The number of halogens is 3. The van der Waals surface area contributed by atoms with E-state index in [-0.39, 0.29) is 23.6 Å². The third kappa shape index (κ3) is 7.96. The summed E-state index contributed by atoms with van der Waals surface area (Å²) in [6.07, 6.45) is 2.62. The molecule has 0 atom stereocenters. The van der Waals surface area contributed by atoms with Gasteiger partial charge in [0.1, 0.15) is 23.4 Å². The van der Waals surface area contributed by atoms with E-state index in [1.54, 1.807) is 12.3 Å². The molecular weight excluding hydrogens is 453 g/mol. The number of aryl methyl sites for hydroxylation is 1. The average Bonchev–Trinajstić information content (AvgIpc) is 2.78. The third-order valence-corrected chi connectivity index (χ3v) is 5.38. The zero-order valence-electron chi connectivity index (χ0n) is 19.2. The standard InChI is InChI=1S/C23H29F3N4O4/c1-3-4-5-20-27-13-12-21(30-20)33-16-8-6-15(7-9-16)28-22(31)29-18-14-17(34-23(24,25)26)10-11-19(18)32-2/h10-16H,3-9H2,1-2H3,(H2,28,29,31). The number of hydrogen-bond donors (Lipinski definition) is 2. The molecule has 186 valence electrons. The molecule has 1 aliphatic carbocycles. The number of methoxy groups -OCH3 is 1. The zero-order chi connectivity index (χ0) is 24.6. The van der Waals surface area contributed by atoms with E-state index in [1.807, 2.05) is 0 Å². The summed E-state index contributed by atoms with van der Waals surface area (Å²) >= 11 is 0. The van der Waals surface area contributed by atoms with Crippen molar-refractivity contribution in [2.45, 2.75) is 70.4 Å². The molecule has 0 radical (unpaired) electrons.